The quantitative estimate of drug-likeness (QED) is 0.876. The van der Waals surface area contributed by atoms with Crippen molar-refractivity contribution >= 4 is 5.82 Å². The van der Waals surface area contributed by atoms with Crippen LogP contribution in [0.3, 0.4) is 0 Å². The lowest BCUT2D eigenvalue weighted by Gasteiger charge is -2.12. The molecule has 1 aromatic heterocycles. The van der Waals surface area contributed by atoms with Crippen LogP contribution in [-0.4, -0.2) is 30.2 Å². The van der Waals surface area contributed by atoms with Gasteiger partial charge in [0.1, 0.15) is 17.8 Å². The Morgan fingerprint density at radius 2 is 1.85 bits per heavy atom. The van der Waals surface area contributed by atoms with Crippen LogP contribution in [0.5, 0.6) is 11.5 Å². The Bertz CT molecular complexity index is 556. The van der Waals surface area contributed by atoms with Gasteiger partial charge >= 0.3 is 0 Å². The van der Waals surface area contributed by atoms with Gasteiger partial charge in [0.2, 0.25) is 0 Å². The highest BCUT2D eigenvalue weighted by Gasteiger charge is 2.13. The van der Waals surface area contributed by atoms with Crippen molar-refractivity contribution in [2.75, 3.05) is 25.6 Å². The molecule has 0 saturated carbocycles. The van der Waals surface area contributed by atoms with Crippen molar-refractivity contribution in [1.82, 2.24) is 9.97 Å². The molecule has 0 aliphatic rings. The summed E-state index contributed by atoms with van der Waals surface area (Å²) in [5.74, 6) is 2.20. The molecule has 0 saturated heterocycles. The molecule has 1 heterocycles. The topological polar surface area (TPSA) is 56.3 Å². The molecule has 1 N–H and O–H groups in total. The molecule has 5 nitrogen and oxygen atoms in total. The molecule has 0 radical (unpaired) electrons. The molecule has 2 rings (SSSR count). The minimum atomic E-state index is 0.651. The number of hydrogen-bond donors (Lipinski definition) is 1. The van der Waals surface area contributed by atoms with E-state index < -0.39 is 0 Å². The Balaban J connectivity index is 2.38. The molecular formula is C15H19N3O2. The van der Waals surface area contributed by atoms with E-state index in [1.54, 1.807) is 7.11 Å². The van der Waals surface area contributed by atoms with Crippen molar-refractivity contribution < 1.29 is 9.47 Å². The SMILES string of the molecule is CCNc1ncnc(-c2ccc(OCC)cc2)c1OC. The average Bonchev–Trinajstić information content (AvgIpc) is 2.48. The Morgan fingerprint density at radius 3 is 2.45 bits per heavy atom. The molecule has 106 valence electrons. The highest BCUT2D eigenvalue weighted by atomic mass is 16.5. The van der Waals surface area contributed by atoms with E-state index in [1.807, 2.05) is 38.1 Å². The molecule has 0 bridgehead atoms. The van der Waals surface area contributed by atoms with E-state index in [4.69, 9.17) is 9.47 Å². The van der Waals surface area contributed by atoms with E-state index in [0.717, 1.165) is 23.6 Å². The van der Waals surface area contributed by atoms with Crippen LogP contribution in [0.25, 0.3) is 11.3 Å². The third-order valence-electron chi connectivity index (χ3n) is 2.79. The van der Waals surface area contributed by atoms with Crippen LogP contribution in [0.1, 0.15) is 13.8 Å². The molecule has 0 amide bonds. The number of anilines is 1. The monoisotopic (exact) mass is 273 g/mol. The molecule has 20 heavy (non-hydrogen) atoms. The maximum Gasteiger partial charge on any atom is 0.187 e. The standard InChI is InChI=1S/C15H19N3O2/c1-4-16-15-14(19-3)13(17-10-18-15)11-6-8-12(9-7-11)20-5-2/h6-10H,4-5H2,1-3H3,(H,16,17,18). The molecule has 0 aliphatic carbocycles. The lowest BCUT2D eigenvalue weighted by Crippen LogP contribution is -2.04. The zero-order chi connectivity index (χ0) is 14.4. The smallest absolute Gasteiger partial charge is 0.187 e. The molecule has 2 aromatic rings. The normalized spacial score (nSPS) is 10.2. The van der Waals surface area contributed by atoms with Crippen LogP contribution < -0.4 is 14.8 Å². The Hall–Kier alpha value is -2.30. The third kappa shape index (κ3) is 2.99. The van der Waals surface area contributed by atoms with Crippen molar-refractivity contribution in [3.63, 3.8) is 0 Å². The van der Waals surface area contributed by atoms with Crippen molar-refractivity contribution in [1.29, 1.82) is 0 Å². The summed E-state index contributed by atoms with van der Waals surface area (Å²) in [4.78, 5) is 8.52. The van der Waals surface area contributed by atoms with Crippen LogP contribution in [0, 0.1) is 0 Å². The fraction of sp³-hybridized carbons (Fsp3) is 0.333. The van der Waals surface area contributed by atoms with Gasteiger partial charge < -0.3 is 14.8 Å². The maximum absolute atomic E-state index is 5.44. The van der Waals surface area contributed by atoms with Gasteiger partial charge in [0, 0.05) is 12.1 Å². The number of nitrogens with zero attached hydrogens (tertiary/aromatic N) is 2. The van der Waals surface area contributed by atoms with Crippen molar-refractivity contribution in [2.45, 2.75) is 13.8 Å². The Labute approximate surface area is 119 Å². The Morgan fingerprint density at radius 1 is 1.10 bits per heavy atom. The summed E-state index contributed by atoms with van der Waals surface area (Å²) in [6.07, 6.45) is 1.53. The number of hydrogen-bond acceptors (Lipinski definition) is 5. The average molecular weight is 273 g/mol. The van der Waals surface area contributed by atoms with Crippen LogP contribution in [0.15, 0.2) is 30.6 Å². The molecule has 0 aliphatic heterocycles. The van der Waals surface area contributed by atoms with Gasteiger partial charge in [-0.1, -0.05) is 0 Å². The molecule has 5 heteroatoms. The highest BCUT2D eigenvalue weighted by Crippen LogP contribution is 2.33. The first-order valence-corrected chi connectivity index (χ1v) is 6.66. The van der Waals surface area contributed by atoms with E-state index in [0.29, 0.717) is 18.2 Å². The first-order valence-electron chi connectivity index (χ1n) is 6.66. The van der Waals surface area contributed by atoms with Gasteiger partial charge in [-0.25, -0.2) is 9.97 Å². The highest BCUT2D eigenvalue weighted by molar-refractivity contribution is 5.72. The lowest BCUT2D eigenvalue weighted by molar-refractivity contribution is 0.340. The fourth-order valence-corrected chi connectivity index (χ4v) is 1.94. The second kappa shape index (κ2) is 6.75. The minimum Gasteiger partial charge on any atom is -0.494 e. The summed E-state index contributed by atoms with van der Waals surface area (Å²) in [7, 11) is 1.62. The molecular weight excluding hydrogens is 254 g/mol. The molecule has 1 aromatic carbocycles. The summed E-state index contributed by atoms with van der Waals surface area (Å²) >= 11 is 0. The predicted molar refractivity (Wildman–Crippen MR) is 79.4 cm³/mol. The first kappa shape index (κ1) is 14.1. The van der Waals surface area contributed by atoms with Gasteiger partial charge in [0.05, 0.1) is 13.7 Å². The van der Waals surface area contributed by atoms with E-state index in [9.17, 15) is 0 Å². The molecule has 0 unspecified atom stereocenters. The number of benzene rings is 1. The van der Waals surface area contributed by atoms with Gasteiger partial charge in [0.15, 0.2) is 11.6 Å². The van der Waals surface area contributed by atoms with Gasteiger partial charge in [-0.05, 0) is 38.1 Å². The number of nitrogens with one attached hydrogen (secondary N) is 1. The van der Waals surface area contributed by atoms with Gasteiger partial charge in [-0.3, -0.25) is 0 Å². The Kier molecular flexibility index (Phi) is 4.76. The molecule has 0 atom stereocenters. The largest absolute Gasteiger partial charge is 0.494 e. The van der Waals surface area contributed by atoms with E-state index in [1.165, 1.54) is 6.33 Å². The fourth-order valence-electron chi connectivity index (χ4n) is 1.94. The zero-order valence-corrected chi connectivity index (χ0v) is 12.0. The molecule has 0 fully saturated rings. The molecule has 0 spiro atoms. The van der Waals surface area contributed by atoms with Crippen LogP contribution in [-0.2, 0) is 0 Å². The van der Waals surface area contributed by atoms with Crippen molar-refractivity contribution in [3.8, 4) is 22.8 Å². The second-order valence-corrected chi connectivity index (χ2v) is 4.09. The first-order chi connectivity index (χ1) is 9.80. The van der Waals surface area contributed by atoms with Gasteiger partial charge in [-0.2, -0.15) is 0 Å². The van der Waals surface area contributed by atoms with Crippen molar-refractivity contribution in [3.05, 3.63) is 30.6 Å². The predicted octanol–water partition coefficient (Wildman–Crippen LogP) is 2.98. The lowest BCUT2D eigenvalue weighted by atomic mass is 10.1. The van der Waals surface area contributed by atoms with Crippen molar-refractivity contribution in [2.24, 2.45) is 0 Å². The zero-order valence-electron chi connectivity index (χ0n) is 12.0. The maximum atomic E-state index is 5.44. The summed E-state index contributed by atoms with van der Waals surface area (Å²) in [5.41, 5.74) is 1.73. The summed E-state index contributed by atoms with van der Waals surface area (Å²) in [6, 6.07) is 7.78. The van der Waals surface area contributed by atoms with E-state index in [-0.39, 0.29) is 0 Å². The van der Waals surface area contributed by atoms with Crippen LogP contribution in [0.4, 0.5) is 5.82 Å². The third-order valence-corrected chi connectivity index (χ3v) is 2.79. The summed E-state index contributed by atoms with van der Waals surface area (Å²) < 4.78 is 10.9. The number of rotatable bonds is 6. The van der Waals surface area contributed by atoms with Gasteiger partial charge in [-0.15, -0.1) is 0 Å². The van der Waals surface area contributed by atoms with Crippen LogP contribution in [0.2, 0.25) is 0 Å². The van der Waals surface area contributed by atoms with E-state index in [2.05, 4.69) is 15.3 Å². The summed E-state index contributed by atoms with van der Waals surface area (Å²) in [5, 5.41) is 3.17. The number of aromatic nitrogens is 2. The number of ether oxygens (including phenoxy) is 2. The summed E-state index contributed by atoms with van der Waals surface area (Å²) in [6.45, 7) is 5.40. The van der Waals surface area contributed by atoms with Gasteiger partial charge in [0.25, 0.3) is 0 Å². The minimum absolute atomic E-state index is 0.651. The van der Waals surface area contributed by atoms with Crippen LogP contribution >= 0.6 is 0 Å². The van der Waals surface area contributed by atoms with E-state index >= 15 is 0 Å². The number of methoxy groups -OCH3 is 1. The second-order valence-electron chi connectivity index (χ2n) is 4.09.